The quantitative estimate of drug-likeness (QED) is 0.745. The predicted molar refractivity (Wildman–Crippen MR) is 95.4 cm³/mol. The Morgan fingerprint density at radius 2 is 1.95 bits per heavy atom. The van der Waals surface area contributed by atoms with Crippen molar-refractivity contribution >= 4 is 34.4 Å². The maximum absolute atomic E-state index is 11.4. The number of hydrogen-bond acceptors (Lipinski definition) is 3. The van der Waals surface area contributed by atoms with Crippen molar-refractivity contribution in [1.82, 2.24) is 0 Å². The third-order valence-corrected chi connectivity index (χ3v) is 3.88. The molecule has 0 radical (unpaired) electrons. The molecule has 2 aromatic rings. The first-order valence-electron chi connectivity index (χ1n) is 6.83. The standard InChI is InChI=1S/C17H18INO3/c1-11-4-7-16(12(2)8-11)22-10-13-5-6-14(18)9-15(13)19-17(20)21-3/h4-9H,10H2,1-3H3,(H,19,20). The van der Waals surface area contributed by atoms with Crippen LogP contribution in [-0.4, -0.2) is 13.2 Å². The topological polar surface area (TPSA) is 47.6 Å². The highest BCUT2D eigenvalue weighted by Crippen LogP contribution is 2.24. The zero-order valence-corrected chi connectivity index (χ0v) is 14.9. The lowest BCUT2D eigenvalue weighted by Crippen LogP contribution is -2.13. The van der Waals surface area contributed by atoms with Gasteiger partial charge in [-0.05, 0) is 60.2 Å². The second-order valence-electron chi connectivity index (χ2n) is 4.98. The summed E-state index contributed by atoms with van der Waals surface area (Å²) in [6, 6.07) is 11.9. The summed E-state index contributed by atoms with van der Waals surface area (Å²) in [4.78, 5) is 11.4. The number of amides is 1. The molecule has 0 heterocycles. The van der Waals surface area contributed by atoms with E-state index in [1.165, 1.54) is 12.7 Å². The summed E-state index contributed by atoms with van der Waals surface area (Å²) in [5.41, 5.74) is 3.88. The number of ether oxygens (including phenoxy) is 2. The number of halogens is 1. The van der Waals surface area contributed by atoms with Crippen LogP contribution in [0.4, 0.5) is 10.5 Å². The van der Waals surface area contributed by atoms with E-state index in [4.69, 9.17) is 4.74 Å². The van der Waals surface area contributed by atoms with Crippen LogP contribution in [0, 0.1) is 17.4 Å². The summed E-state index contributed by atoms with van der Waals surface area (Å²) in [6.07, 6.45) is -0.491. The monoisotopic (exact) mass is 411 g/mol. The van der Waals surface area contributed by atoms with Crippen molar-refractivity contribution in [3.8, 4) is 5.75 Å². The highest BCUT2D eigenvalue weighted by Gasteiger charge is 2.09. The van der Waals surface area contributed by atoms with Crippen molar-refractivity contribution in [2.24, 2.45) is 0 Å². The molecule has 0 aliphatic heterocycles. The first-order chi connectivity index (χ1) is 10.5. The fraction of sp³-hybridized carbons (Fsp3) is 0.235. The zero-order valence-electron chi connectivity index (χ0n) is 12.8. The first-order valence-corrected chi connectivity index (χ1v) is 7.91. The molecule has 1 amide bonds. The Hall–Kier alpha value is -1.76. The maximum atomic E-state index is 11.4. The van der Waals surface area contributed by atoms with Gasteiger partial charge < -0.3 is 9.47 Å². The number of hydrogen-bond donors (Lipinski definition) is 1. The summed E-state index contributed by atoms with van der Waals surface area (Å²) in [7, 11) is 1.34. The molecule has 116 valence electrons. The molecule has 2 rings (SSSR count). The van der Waals surface area contributed by atoms with Gasteiger partial charge in [0.25, 0.3) is 0 Å². The minimum absolute atomic E-state index is 0.375. The van der Waals surface area contributed by atoms with E-state index in [2.05, 4.69) is 38.7 Å². The Morgan fingerprint density at radius 1 is 1.18 bits per heavy atom. The minimum Gasteiger partial charge on any atom is -0.489 e. The number of carbonyl (C=O) groups excluding carboxylic acids is 1. The van der Waals surface area contributed by atoms with Gasteiger partial charge in [0.05, 0.1) is 12.8 Å². The molecular weight excluding hydrogens is 393 g/mol. The first kappa shape index (κ1) is 16.6. The Labute approximate surface area is 144 Å². The number of rotatable bonds is 4. The average molecular weight is 411 g/mol. The van der Waals surface area contributed by atoms with Gasteiger partial charge in [-0.1, -0.05) is 23.8 Å². The van der Waals surface area contributed by atoms with Crippen molar-refractivity contribution in [3.05, 3.63) is 56.7 Å². The van der Waals surface area contributed by atoms with Crippen molar-refractivity contribution in [3.63, 3.8) is 0 Å². The van der Waals surface area contributed by atoms with Crippen molar-refractivity contribution in [2.45, 2.75) is 20.5 Å². The average Bonchev–Trinajstić information content (AvgIpc) is 2.48. The van der Waals surface area contributed by atoms with Gasteiger partial charge in [0.15, 0.2) is 0 Å². The Balaban J connectivity index is 2.16. The van der Waals surface area contributed by atoms with E-state index in [-0.39, 0.29) is 0 Å². The number of carbonyl (C=O) groups is 1. The molecule has 0 unspecified atom stereocenters. The molecule has 2 aromatic carbocycles. The SMILES string of the molecule is COC(=O)Nc1cc(I)ccc1COc1ccc(C)cc1C. The van der Waals surface area contributed by atoms with Crippen LogP contribution in [-0.2, 0) is 11.3 Å². The molecule has 0 aromatic heterocycles. The van der Waals surface area contributed by atoms with Gasteiger partial charge in [0.1, 0.15) is 12.4 Å². The van der Waals surface area contributed by atoms with Crippen LogP contribution in [0.5, 0.6) is 5.75 Å². The van der Waals surface area contributed by atoms with Crippen LogP contribution in [0.15, 0.2) is 36.4 Å². The molecule has 22 heavy (non-hydrogen) atoms. The molecule has 0 fully saturated rings. The van der Waals surface area contributed by atoms with Crippen LogP contribution in [0.1, 0.15) is 16.7 Å². The number of anilines is 1. The molecule has 0 aliphatic rings. The molecule has 1 N–H and O–H groups in total. The van der Waals surface area contributed by atoms with Crippen LogP contribution in [0.3, 0.4) is 0 Å². The van der Waals surface area contributed by atoms with Crippen molar-refractivity contribution < 1.29 is 14.3 Å². The number of methoxy groups -OCH3 is 1. The molecule has 0 spiro atoms. The van der Waals surface area contributed by atoms with Crippen LogP contribution in [0.2, 0.25) is 0 Å². The summed E-state index contributed by atoms with van der Waals surface area (Å²) in [5.74, 6) is 0.841. The summed E-state index contributed by atoms with van der Waals surface area (Å²) in [5, 5.41) is 2.72. The zero-order chi connectivity index (χ0) is 16.1. The summed E-state index contributed by atoms with van der Waals surface area (Å²) >= 11 is 2.20. The molecule has 0 atom stereocenters. The Morgan fingerprint density at radius 3 is 2.64 bits per heavy atom. The number of nitrogens with one attached hydrogen (secondary N) is 1. The molecule has 0 bridgehead atoms. The highest BCUT2D eigenvalue weighted by atomic mass is 127. The largest absolute Gasteiger partial charge is 0.489 e. The van der Waals surface area contributed by atoms with E-state index >= 15 is 0 Å². The number of aryl methyl sites for hydroxylation is 2. The van der Waals surface area contributed by atoms with Crippen molar-refractivity contribution in [2.75, 3.05) is 12.4 Å². The van der Waals surface area contributed by atoms with E-state index in [1.54, 1.807) is 0 Å². The van der Waals surface area contributed by atoms with Gasteiger partial charge in [-0.15, -0.1) is 0 Å². The third-order valence-electron chi connectivity index (χ3n) is 3.21. The smallest absolute Gasteiger partial charge is 0.411 e. The lowest BCUT2D eigenvalue weighted by molar-refractivity contribution is 0.187. The van der Waals surface area contributed by atoms with Gasteiger partial charge in [-0.2, -0.15) is 0 Å². The molecule has 5 heteroatoms. The van der Waals surface area contributed by atoms with E-state index in [0.29, 0.717) is 12.3 Å². The normalized spacial score (nSPS) is 10.2. The second-order valence-corrected chi connectivity index (χ2v) is 6.22. The number of benzene rings is 2. The maximum Gasteiger partial charge on any atom is 0.411 e. The molecule has 0 aliphatic carbocycles. The predicted octanol–water partition coefficient (Wildman–Crippen LogP) is 4.67. The Kier molecular flexibility index (Phi) is 5.65. The fourth-order valence-corrected chi connectivity index (χ4v) is 2.56. The lowest BCUT2D eigenvalue weighted by atomic mass is 10.1. The molecule has 0 saturated carbocycles. The van der Waals surface area contributed by atoms with E-state index in [1.807, 2.05) is 44.2 Å². The van der Waals surface area contributed by atoms with Gasteiger partial charge in [0, 0.05) is 9.13 Å². The van der Waals surface area contributed by atoms with E-state index in [9.17, 15) is 4.79 Å². The summed E-state index contributed by atoms with van der Waals surface area (Å²) < 4.78 is 11.6. The van der Waals surface area contributed by atoms with Gasteiger partial charge in [-0.3, -0.25) is 5.32 Å². The second kappa shape index (κ2) is 7.49. The van der Waals surface area contributed by atoms with Gasteiger partial charge in [0.2, 0.25) is 0 Å². The van der Waals surface area contributed by atoms with Crippen LogP contribution >= 0.6 is 22.6 Å². The molecular formula is C17H18INO3. The van der Waals surface area contributed by atoms with E-state index in [0.717, 1.165) is 20.4 Å². The van der Waals surface area contributed by atoms with E-state index < -0.39 is 6.09 Å². The fourth-order valence-electron chi connectivity index (χ4n) is 2.07. The van der Waals surface area contributed by atoms with Crippen LogP contribution < -0.4 is 10.1 Å². The minimum atomic E-state index is -0.491. The summed E-state index contributed by atoms with van der Waals surface area (Å²) in [6.45, 7) is 4.44. The molecule has 0 saturated heterocycles. The Bertz CT molecular complexity index is 686. The highest BCUT2D eigenvalue weighted by molar-refractivity contribution is 14.1. The molecule has 4 nitrogen and oxygen atoms in total. The van der Waals surface area contributed by atoms with Gasteiger partial charge in [-0.25, -0.2) is 4.79 Å². The van der Waals surface area contributed by atoms with Crippen molar-refractivity contribution in [1.29, 1.82) is 0 Å². The third kappa shape index (κ3) is 4.37. The lowest BCUT2D eigenvalue weighted by Gasteiger charge is -2.14. The van der Waals surface area contributed by atoms with Crippen LogP contribution in [0.25, 0.3) is 0 Å². The van der Waals surface area contributed by atoms with Gasteiger partial charge >= 0.3 is 6.09 Å².